The van der Waals surface area contributed by atoms with Gasteiger partial charge < -0.3 is 15.1 Å². The van der Waals surface area contributed by atoms with E-state index in [1.807, 2.05) is 72.6 Å². The van der Waals surface area contributed by atoms with Crippen molar-refractivity contribution < 1.29 is 4.79 Å². The lowest BCUT2D eigenvalue weighted by molar-refractivity contribution is -0.117. The number of carbonyl (C=O) groups excluding carboxylic acids is 1. The second-order valence-corrected chi connectivity index (χ2v) is 9.85. The molecule has 190 valence electrons. The van der Waals surface area contributed by atoms with Crippen molar-refractivity contribution in [2.45, 2.75) is 33.2 Å². The Morgan fingerprint density at radius 2 is 1.49 bits per heavy atom. The third-order valence-electron chi connectivity index (χ3n) is 6.32. The van der Waals surface area contributed by atoms with Gasteiger partial charge in [-0.1, -0.05) is 48.0 Å². The van der Waals surface area contributed by atoms with Gasteiger partial charge in [-0.2, -0.15) is 4.98 Å². The fraction of sp³-hybridized carbons (Fsp3) is 0.258. The van der Waals surface area contributed by atoms with E-state index in [0.29, 0.717) is 18.8 Å². The molecule has 1 N–H and O–H groups in total. The minimum Gasteiger partial charge on any atom is -0.329 e. The molecule has 0 bridgehead atoms. The maximum atomic E-state index is 12.6. The van der Waals surface area contributed by atoms with Crippen molar-refractivity contribution in [3.63, 3.8) is 0 Å². The molecular formula is C31H35N5O. The average Bonchev–Trinajstić information content (AvgIpc) is 2.87. The van der Waals surface area contributed by atoms with Gasteiger partial charge in [0.05, 0.1) is 0 Å². The smallest absolute Gasteiger partial charge is 0.229 e. The Hall–Kier alpha value is -4.03. The number of anilines is 4. The molecule has 1 aromatic heterocycles. The fourth-order valence-electron chi connectivity index (χ4n) is 4.18. The first-order valence-electron chi connectivity index (χ1n) is 12.5. The second kappa shape index (κ2) is 11.8. The van der Waals surface area contributed by atoms with Crippen molar-refractivity contribution >= 4 is 28.9 Å². The molecule has 0 amide bonds. The van der Waals surface area contributed by atoms with Crippen LogP contribution in [-0.4, -0.2) is 41.8 Å². The Morgan fingerprint density at radius 1 is 0.838 bits per heavy atom. The van der Waals surface area contributed by atoms with Gasteiger partial charge in [0, 0.05) is 44.0 Å². The molecule has 6 nitrogen and oxygen atoms in total. The van der Waals surface area contributed by atoms with E-state index >= 15 is 0 Å². The summed E-state index contributed by atoms with van der Waals surface area (Å²) in [4.78, 5) is 25.9. The van der Waals surface area contributed by atoms with Gasteiger partial charge in [0.2, 0.25) is 5.95 Å². The maximum Gasteiger partial charge on any atom is 0.229 e. The lowest BCUT2D eigenvalue weighted by Crippen LogP contribution is -2.13. The highest BCUT2D eigenvalue weighted by molar-refractivity contribution is 5.83. The van der Waals surface area contributed by atoms with Crippen molar-refractivity contribution in [2.24, 2.45) is 0 Å². The van der Waals surface area contributed by atoms with Crippen LogP contribution in [0.15, 0.2) is 79.0 Å². The normalized spacial score (nSPS) is 11.0. The maximum absolute atomic E-state index is 12.6. The Labute approximate surface area is 220 Å². The van der Waals surface area contributed by atoms with Crippen LogP contribution < -0.4 is 10.2 Å². The number of Topliss-reactive ketones (excluding diaryl/α,β-unsaturated/α-hetero) is 1. The van der Waals surface area contributed by atoms with Gasteiger partial charge in [-0.15, -0.1) is 0 Å². The molecule has 0 saturated carbocycles. The minimum atomic E-state index is 0.210. The number of benzene rings is 3. The Morgan fingerprint density at radius 3 is 2.14 bits per heavy atom. The molecule has 0 radical (unpaired) electrons. The molecule has 4 aromatic rings. The zero-order valence-electron chi connectivity index (χ0n) is 22.3. The third-order valence-corrected chi connectivity index (χ3v) is 6.32. The first-order chi connectivity index (χ1) is 17.8. The summed E-state index contributed by atoms with van der Waals surface area (Å²) in [5, 5.41) is 3.34. The second-order valence-electron chi connectivity index (χ2n) is 9.85. The molecule has 3 aromatic carbocycles. The average molecular weight is 494 g/mol. The van der Waals surface area contributed by atoms with E-state index in [-0.39, 0.29) is 5.78 Å². The molecule has 0 aliphatic heterocycles. The van der Waals surface area contributed by atoms with Crippen molar-refractivity contribution in [1.82, 2.24) is 14.9 Å². The van der Waals surface area contributed by atoms with Crippen molar-refractivity contribution in [3.8, 4) is 0 Å². The van der Waals surface area contributed by atoms with Gasteiger partial charge in [0.15, 0.2) is 0 Å². The zero-order chi connectivity index (χ0) is 26.4. The van der Waals surface area contributed by atoms with Crippen molar-refractivity contribution in [2.75, 3.05) is 31.4 Å². The minimum absolute atomic E-state index is 0.210. The molecule has 1 heterocycles. The molecule has 6 heteroatoms. The Bertz CT molecular complexity index is 1350. The first kappa shape index (κ1) is 26.0. The van der Waals surface area contributed by atoms with E-state index in [9.17, 15) is 4.79 Å². The number of hydrogen-bond donors (Lipinski definition) is 1. The number of nitrogens with zero attached hydrogens (tertiary/aromatic N) is 4. The molecule has 0 aliphatic carbocycles. The highest BCUT2D eigenvalue weighted by Crippen LogP contribution is 2.24. The van der Waals surface area contributed by atoms with Crippen LogP contribution in [0.2, 0.25) is 0 Å². The Balaban J connectivity index is 1.40. The van der Waals surface area contributed by atoms with E-state index < -0.39 is 0 Å². The highest BCUT2D eigenvalue weighted by Gasteiger charge is 2.10. The van der Waals surface area contributed by atoms with Crippen LogP contribution >= 0.6 is 0 Å². The lowest BCUT2D eigenvalue weighted by Gasteiger charge is -2.19. The quantitative estimate of drug-likeness (QED) is 0.291. The zero-order valence-corrected chi connectivity index (χ0v) is 22.3. The van der Waals surface area contributed by atoms with Crippen LogP contribution in [0.4, 0.5) is 23.1 Å². The molecule has 4 rings (SSSR count). The summed E-state index contributed by atoms with van der Waals surface area (Å²) in [6, 6.07) is 24.4. The van der Waals surface area contributed by atoms with E-state index in [0.717, 1.165) is 34.9 Å². The van der Waals surface area contributed by atoms with Crippen LogP contribution in [0.1, 0.15) is 27.8 Å². The summed E-state index contributed by atoms with van der Waals surface area (Å²) >= 11 is 0. The summed E-state index contributed by atoms with van der Waals surface area (Å²) in [7, 11) is 6.11. The molecule has 0 saturated heterocycles. The summed E-state index contributed by atoms with van der Waals surface area (Å²) in [6.45, 7) is 5.05. The topological polar surface area (TPSA) is 61.4 Å². The number of rotatable bonds is 10. The molecule has 0 fully saturated rings. The predicted molar refractivity (Wildman–Crippen MR) is 152 cm³/mol. The van der Waals surface area contributed by atoms with Crippen LogP contribution in [0.25, 0.3) is 0 Å². The summed E-state index contributed by atoms with van der Waals surface area (Å²) in [6.07, 6.45) is 2.64. The molecular weight excluding hydrogens is 458 g/mol. The number of ketones is 1. The number of hydrogen-bond acceptors (Lipinski definition) is 6. The van der Waals surface area contributed by atoms with Gasteiger partial charge >= 0.3 is 0 Å². The monoisotopic (exact) mass is 493 g/mol. The van der Waals surface area contributed by atoms with Crippen LogP contribution in [-0.2, 0) is 24.2 Å². The summed E-state index contributed by atoms with van der Waals surface area (Å²) in [5.41, 5.74) is 7.73. The first-order valence-corrected chi connectivity index (χ1v) is 12.5. The largest absolute Gasteiger partial charge is 0.329 e. The molecule has 0 atom stereocenters. The van der Waals surface area contributed by atoms with E-state index in [1.165, 1.54) is 16.7 Å². The van der Waals surface area contributed by atoms with E-state index in [4.69, 9.17) is 4.98 Å². The van der Waals surface area contributed by atoms with Gasteiger partial charge in [-0.25, -0.2) is 4.98 Å². The van der Waals surface area contributed by atoms with Gasteiger partial charge in [-0.3, -0.25) is 4.79 Å². The van der Waals surface area contributed by atoms with Crippen molar-refractivity contribution in [3.05, 3.63) is 107 Å². The highest BCUT2D eigenvalue weighted by atomic mass is 16.1. The van der Waals surface area contributed by atoms with Gasteiger partial charge in [0.25, 0.3) is 0 Å². The Kier molecular flexibility index (Phi) is 8.31. The standard InChI is InChI=1S/C31H35N5O/c1-22-6-9-24(10-7-22)18-29(37)19-25-11-14-28(15-12-25)36(5)30-16-17-32-31(34-30)33-27-13-8-23(2)26(20-27)21-35(3)4/h6-17,20H,18-19,21H2,1-5H3,(H,32,33,34). The van der Waals surface area contributed by atoms with Gasteiger partial charge in [-0.05, 0) is 80.5 Å². The van der Waals surface area contributed by atoms with Gasteiger partial charge in [0.1, 0.15) is 11.6 Å². The lowest BCUT2D eigenvalue weighted by atomic mass is 10.0. The number of aryl methyl sites for hydroxylation is 2. The van der Waals surface area contributed by atoms with Crippen molar-refractivity contribution in [1.29, 1.82) is 0 Å². The fourth-order valence-corrected chi connectivity index (χ4v) is 4.18. The molecule has 0 aliphatic rings. The molecule has 0 unspecified atom stereocenters. The van der Waals surface area contributed by atoms with Crippen LogP contribution in [0.3, 0.4) is 0 Å². The van der Waals surface area contributed by atoms with Crippen LogP contribution in [0.5, 0.6) is 0 Å². The predicted octanol–water partition coefficient (Wildman–Crippen LogP) is 6.02. The van der Waals surface area contributed by atoms with Crippen LogP contribution in [0, 0.1) is 13.8 Å². The molecule has 37 heavy (non-hydrogen) atoms. The number of nitrogens with one attached hydrogen (secondary N) is 1. The number of carbonyl (C=O) groups is 1. The van der Waals surface area contributed by atoms with E-state index in [2.05, 4.69) is 55.3 Å². The molecule has 0 spiro atoms. The summed E-state index contributed by atoms with van der Waals surface area (Å²) in [5.74, 6) is 1.53. The summed E-state index contributed by atoms with van der Waals surface area (Å²) < 4.78 is 0. The number of aromatic nitrogens is 2. The van der Waals surface area contributed by atoms with E-state index in [1.54, 1.807) is 6.20 Å². The third kappa shape index (κ3) is 7.24. The SMILES string of the molecule is Cc1ccc(CC(=O)Cc2ccc(N(C)c3ccnc(Nc4ccc(C)c(CN(C)C)c4)n3)cc2)cc1.